The van der Waals surface area contributed by atoms with Crippen molar-refractivity contribution in [3.63, 3.8) is 0 Å². The van der Waals surface area contributed by atoms with Gasteiger partial charge in [0.25, 0.3) is 11.7 Å². The standard InChI is InChI=1S/C21H18ClN5OS/c1-13-11-14(2)27-20(23-13)25-21(26-27)29-12-15-7-3-4-8-16(15)19(28)24-18-10-6-5-9-17(18)22/h3-11H,12H2,1-2H3,(H,24,28). The molecule has 29 heavy (non-hydrogen) atoms. The fraction of sp³-hybridized carbons (Fsp3) is 0.143. The van der Waals surface area contributed by atoms with Crippen molar-refractivity contribution < 1.29 is 4.79 Å². The van der Waals surface area contributed by atoms with E-state index in [4.69, 9.17) is 11.6 Å². The van der Waals surface area contributed by atoms with E-state index in [1.54, 1.807) is 22.7 Å². The lowest BCUT2D eigenvalue weighted by Gasteiger charge is -2.10. The predicted molar refractivity (Wildman–Crippen MR) is 116 cm³/mol. The summed E-state index contributed by atoms with van der Waals surface area (Å²) in [6.07, 6.45) is 0. The Morgan fingerprint density at radius 3 is 2.69 bits per heavy atom. The van der Waals surface area contributed by atoms with E-state index in [-0.39, 0.29) is 5.91 Å². The van der Waals surface area contributed by atoms with Crippen molar-refractivity contribution >= 4 is 40.7 Å². The molecule has 2 aromatic carbocycles. The van der Waals surface area contributed by atoms with Crippen molar-refractivity contribution in [2.75, 3.05) is 5.32 Å². The minimum atomic E-state index is -0.203. The second-order valence-corrected chi connectivity index (χ2v) is 7.87. The minimum absolute atomic E-state index is 0.203. The number of nitrogens with zero attached hydrogens (tertiary/aromatic N) is 4. The van der Waals surface area contributed by atoms with Crippen molar-refractivity contribution in [1.82, 2.24) is 19.6 Å². The third kappa shape index (κ3) is 4.26. The van der Waals surface area contributed by atoms with Crippen molar-refractivity contribution in [3.05, 3.63) is 82.1 Å². The van der Waals surface area contributed by atoms with Gasteiger partial charge in [0.2, 0.25) is 5.16 Å². The molecule has 0 aliphatic heterocycles. The average molecular weight is 424 g/mol. The van der Waals surface area contributed by atoms with Crippen molar-refractivity contribution in [2.24, 2.45) is 0 Å². The number of aromatic nitrogens is 4. The second kappa shape index (κ2) is 8.23. The molecule has 0 bridgehead atoms. The van der Waals surface area contributed by atoms with E-state index in [1.807, 2.05) is 50.2 Å². The van der Waals surface area contributed by atoms with Gasteiger partial charge in [-0.05, 0) is 43.7 Å². The molecule has 2 heterocycles. The Morgan fingerprint density at radius 1 is 1.10 bits per heavy atom. The maximum absolute atomic E-state index is 12.8. The number of hydrogen-bond acceptors (Lipinski definition) is 5. The molecule has 0 saturated carbocycles. The molecule has 0 spiro atoms. The summed E-state index contributed by atoms with van der Waals surface area (Å²) >= 11 is 7.62. The first-order valence-corrected chi connectivity index (χ1v) is 10.4. The van der Waals surface area contributed by atoms with Crippen LogP contribution in [0, 0.1) is 13.8 Å². The van der Waals surface area contributed by atoms with Gasteiger partial charge in [-0.15, -0.1) is 5.10 Å². The molecule has 0 aliphatic carbocycles. The summed E-state index contributed by atoms with van der Waals surface area (Å²) < 4.78 is 1.73. The van der Waals surface area contributed by atoms with Gasteiger partial charge in [-0.3, -0.25) is 4.79 Å². The smallest absolute Gasteiger partial charge is 0.256 e. The number of carbonyl (C=O) groups is 1. The summed E-state index contributed by atoms with van der Waals surface area (Å²) in [5, 5.41) is 8.50. The van der Waals surface area contributed by atoms with Gasteiger partial charge in [-0.1, -0.05) is 53.7 Å². The monoisotopic (exact) mass is 423 g/mol. The van der Waals surface area contributed by atoms with Gasteiger partial charge in [0.1, 0.15) is 0 Å². The number of amides is 1. The topological polar surface area (TPSA) is 72.2 Å². The highest BCUT2D eigenvalue weighted by Gasteiger charge is 2.14. The molecular formula is C21H18ClN5OS. The van der Waals surface area contributed by atoms with E-state index in [0.29, 0.717) is 33.0 Å². The number of rotatable bonds is 5. The van der Waals surface area contributed by atoms with Crippen LogP contribution in [-0.2, 0) is 5.75 Å². The molecule has 4 rings (SSSR count). The summed E-state index contributed by atoms with van der Waals surface area (Å²) in [5.74, 6) is 0.932. The van der Waals surface area contributed by atoms with Crippen LogP contribution in [0.1, 0.15) is 27.3 Å². The Bertz CT molecular complexity index is 1210. The number of benzene rings is 2. The Kier molecular flexibility index (Phi) is 5.51. The Hall–Kier alpha value is -2.90. The number of hydrogen-bond donors (Lipinski definition) is 1. The van der Waals surface area contributed by atoms with Crippen LogP contribution in [0.3, 0.4) is 0 Å². The first kappa shape index (κ1) is 19.4. The molecule has 4 aromatic rings. The molecule has 0 saturated heterocycles. The molecule has 0 atom stereocenters. The largest absolute Gasteiger partial charge is 0.321 e. The molecule has 1 N–H and O–H groups in total. The zero-order valence-electron chi connectivity index (χ0n) is 15.9. The molecule has 8 heteroatoms. The molecule has 6 nitrogen and oxygen atoms in total. The number of carbonyl (C=O) groups excluding carboxylic acids is 1. The summed E-state index contributed by atoms with van der Waals surface area (Å²) in [7, 11) is 0. The predicted octanol–water partition coefficient (Wildman–Crippen LogP) is 4.94. The number of thioether (sulfide) groups is 1. The summed E-state index contributed by atoms with van der Waals surface area (Å²) in [4.78, 5) is 21.7. The fourth-order valence-electron chi connectivity index (χ4n) is 2.97. The quantitative estimate of drug-likeness (QED) is 0.460. The summed E-state index contributed by atoms with van der Waals surface area (Å²) in [6, 6.07) is 16.6. The van der Waals surface area contributed by atoms with Gasteiger partial charge in [0.15, 0.2) is 0 Å². The molecule has 0 fully saturated rings. The lowest BCUT2D eigenvalue weighted by atomic mass is 10.1. The minimum Gasteiger partial charge on any atom is -0.321 e. The Balaban J connectivity index is 1.54. The van der Waals surface area contributed by atoms with Crippen LogP contribution in [0.15, 0.2) is 59.8 Å². The van der Waals surface area contributed by atoms with Crippen molar-refractivity contribution in [3.8, 4) is 0 Å². The molecule has 2 aromatic heterocycles. The van der Waals surface area contributed by atoms with Crippen LogP contribution in [0.25, 0.3) is 5.78 Å². The summed E-state index contributed by atoms with van der Waals surface area (Å²) in [6.45, 7) is 3.90. The van der Waals surface area contributed by atoms with Gasteiger partial charge in [0, 0.05) is 22.7 Å². The van der Waals surface area contributed by atoms with E-state index >= 15 is 0 Å². The van der Waals surface area contributed by atoms with E-state index in [2.05, 4.69) is 20.4 Å². The van der Waals surface area contributed by atoms with Crippen LogP contribution >= 0.6 is 23.4 Å². The summed E-state index contributed by atoms with van der Waals surface area (Å²) in [5.41, 5.74) is 3.95. The number of fused-ring (bicyclic) bond motifs is 1. The molecule has 0 radical (unpaired) electrons. The van der Waals surface area contributed by atoms with Gasteiger partial charge in [-0.25, -0.2) is 9.50 Å². The lowest BCUT2D eigenvalue weighted by Crippen LogP contribution is -2.14. The molecule has 1 amide bonds. The van der Waals surface area contributed by atoms with Crippen LogP contribution in [0.4, 0.5) is 5.69 Å². The second-order valence-electron chi connectivity index (χ2n) is 6.52. The number of halogens is 1. The van der Waals surface area contributed by atoms with Gasteiger partial charge in [-0.2, -0.15) is 4.98 Å². The zero-order chi connectivity index (χ0) is 20.4. The fourth-order valence-corrected chi connectivity index (χ4v) is 3.98. The van der Waals surface area contributed by atoms with E-state index in [0.717, 1.165) is 17.0 Å². The average Bonchev–Trinajstić information content (AvgIpc) is 3.11. The highest BCUT2D eigenvalue weighted by molar-refractivity contribution is 7.98. The van der Waals surface area contributed by atoms with E-state index < -0.39 is 0 Å². The van der Waals surface area contributed by atoms with Crippen LogP contribution in [0.5, 0.6) is 0 Å². The SMILES string of the molecule is Cc1cc(C)n2nc(SCc3ccccc3C(=O)Nc3ccccc3Cl)nc2n1. The van der Waals surface area contributed by atoms with Gasteiger partial charge < -0.3 is 5.32 Å². The number of para-hydroxylation sites is 1. The Labute approximate surface area is 177 Å². The molecular weight excluding hydrogens is 406 g/mol. The highest BCUT2D eigenvalue weighted by Crippen LogP contribution is 2.25. The first-order chi connectivity index (χ1) is 14.0. The maximum atomic E-state index is 12.8. The highest BCUT2D eigenvalue weighted by atomic mass is 35.5. The maximum Gasteiger partial charge on any atom is 0.256 e. The van der Waals surface area contributed by atoms with E-state index in [9.17, 15) is 4.79 Å². The van der Waals surface area contributed by atoms with Crippen molar-refractivity contribution in [1.29, 1.82) is 0 Å². The van der Waals surface area contributed by atoms with Crippen LogP contribution in [0.2, 0.25) is 5.02 Å². The third-order valence-corrected chi connectivity index (χ3v) is 5.56. The molecule has 146 valence electrons. The van der Waals surface area contributed by atoms with Gasteiger partial charge >= 0.3 is 0 Å². The molecule has 0 unspecified atom stereocenters. The third-order valence-electron chi connectivity index (χ3n) is 4.34. The zero-order valence-corrected chi connectivity index (χ0v) is 17.5. The van der Waals surface area contributed by atoms with Crippen molar-refractivity contribution in [2.45, 2.75) is 24.8 Å². The van der Waals surface area contributed by atoms with Gasteiger partial charge in [0.05, 0.1) is 10.7 Å². The number of aryl methyl sites for hydroxylation is 2. The Morgan fingerprint density at radius 2 is 1.86 bits per heavy atom. The number of anilines is 1. The van der Waals surface area contributed by atoms with Crippen LogP contribution in [-0.4, -0.2) is 25.5 Å². The lowest BCUT2D eigenvalue weighted by molar-refractivity contribution is 0.102. The van der Waals surface area contributed by atoms with E-state index in [1.165, 1.54) is 11.8 Å². The number of nitrogens with one attached hydrogen (secondary N) is 1. The normalized spacial score (nSPS) is 11.0. The van der Waals surface area contributed by atoms with Crippen LogP contribution < -0.4 is 5.32 Å². The molecule has 0 aliphatic rings. The first-order valence-electron chi connectivity index (χ1n) is 8.99.